The number of ether oxygens (including phenoxy) is 1. The van der Waals surface area contributed by atoms with E-state index in [1.165, 1.54) is 12.7 Å². The molecule has 1 N–H and O–H groups in total. The third kappa shape index (κ3) is 3.52. The Hall–Kier alpha value is -3.09. The van der Waals surface area contributed by atoms with E-state index in [0.717, 1.165) is 43.1 Å². The first-order valence-electron chi connectivity index (χ1n) is 9.57. The zero-order chi connectivity index (χ0) is 19.5. The summed E-state index contributed by atoms with van der Waals surface area (Å²) < 4.78 is 11.0. The van der Waals surface area contributed by atoms with Gasteiger partial charge < -0.3 is 19.4 Å². The van der Waals surface area contributed by atoms with Gasteiger partial charge in [-0.15, -0.1) is 0 Å². The molecule has 0 spiro atoms. The van der Waals surface area contributed by atoms with E-state index in [9.17, 15) is 4.79 Å². The number of nitrogens with one attached hydrogen (secondary N) is 1. The second-order valence-corrected chi connectivity index (χ2v) is 6.99. The van der Waals surface area contributed by atoms with Gasteiger partial charge in [0.2, 0.25) is 5.71 Å². The molecule has 0 atom stereocenters. The second-order valence-electron chi connectivity index (χ2n) is 6.99. The number of aryl methyl sites for hydroxylation is 1. The molecule has 146 valence electrons. The van der Waals surface area contributed by atoms with E-state index in [1.807, 2.05) is 24.3 Å². The Morgan fingerprint density at radius 3 is 2.86 bits per heavy atom. The number of benzene rings is 1. The zero-order valence-corrected chi connectivity index (χ0v) is 16.2. The maximum atomic E-state index is 13.0. The second kappa shape index (κ2) is 7.88. The number of anilines is 1. The van der Waals surface area contributed by atoms with Crippen molar-refractivity contribution in [3.63, 3.8) is 0 Å². The van der Waals surface area contributed by atoms with Gasteiger partial charge in [-0.1, -0.05) is 12.1 Å². The van der Waals surface area contributed by atoms with Crippen LogP contribution in [0.4, 0.5) is 5.82 Å². The number of hydrogen-bond donors (Lipinski definition) is 1. The summed E-state index contributed by atoms with van der Waals surface area (Å²) in [5.41, 5.74) is 1.93. The normalized spacial score (nSPS) is 14.3. The summed E-state index contributed by atoms with van der Waals surface area (Å²) in [6.07, 6.45) is 4.98. The van der Waals surface area contributed by atoms with E-state index in [-0.39, 0.29) is 5.91 Å². The number of aromatic nitrogens is 2. The molecular weight excluding hydrogens is 356 g/mol. The van der Waals surface area contributed by atoms with Crippen LogP contribution < -0.4 is 15.0 Å². The van der Waals surface area contributed by atoms with Crippen LogP contribution in [0.25, 0.3) is 11.1 Å². The molecule has 0 radical (unpaired) electrons. The highest BCUT2D eigenvalue weighted by Crippen LogP contribution is 2.32. The van der Waals surface area contributed by atoms with Gasteiger partial charge in [-0.3, -0.25) is 4.79 Å². The molecule has 0 unspecified atom stereocenters. The summed E-state index contributed by atoms with van der Waals surface area (Å²) in [5.74, 6) is 1.91. The highest BCUT2D eigenvalue weighted by atomic mass is 16.5. The van der Waals surface area contributed by atoms with Gasteiger partial charge in [-0.2, -0.15) is 0 Å². The molecule has 0 saturated carbocycles. The minimum Gasteiger partial charge on any atom is -0.497 e. The van der Waals surface area contributed by atoms with Crippen molar-refractivity contribution in [2.24, 2.45) is 0 Å². The van der Waals surface area contributed by atoms with E-state index >= 15 is 0 Å². The predicted octanol–water partition coefficient (Wildman–Crippen LogP) is 3.46. The third-order valence-corrected chi connectivity index (χ3v) is 5.11. The van der Waals surface area contributed by atoms with Crippen LogP contribution in [0.1, 0.15) is 40.9 Å². The number of piperidine rings is 1. The van der Waals surface area contributed by atoms with E-state index in [1.54, 1.807) is 14.0 Å². The standard InChI is InChI=1S/C21H24N4O3/c1-14-17(20(26)22-12-15-7-6-8-16(11-15)27-2)18-19(23-13-24-21(18)28-14)25-9-4-3-5-10-25/h6-8,11,13H,3-5,9-10,12H2,1-2H3,(H,22,26). The first kappa shape index (κ1) is 18.3. The van der Waals surface area contributed by atoms with E-state index in [4.69, 9.17) is 9.15 Å². The number of carbonyl (C=O) groups is 1. The van der Waals surface area contributed by atoms with Crippen molar-refractivity contribution in [3.05, 3.63) is 47.5 Å². The van der Waals surface area contributed by atoms with Gasteiger partial charge in [-0.05, 0) is 43.9 Å². The summed E-state index contributed by atoms with van der Waals surface area (Å²) in [4.78, 5) is 24.0. The van der Waals surface area contributed by atoms with Gasteiger partial charge in [0.05, 0.1) is 18.1 Å². The van der Waals surface area contributed by atoms with Crippen LogP contribution in [0.5, 0.6) is 5.75 Å². The third-order valence-electron chi connectivity index (χ3n) is 5.11. The first-order chi connectivity index (χ1) is 13.7. The van der Waals surface area contributed by atoms with Gasteiger partial charge >= 0.3 is 0 Å². The number of hydrogen-bond acceptors (Lipinski definition) is 6. The maximum Gasteiger partial charge on any atom is 0.255 e. The molecule has 1 fully saturated rings. The van der Waals surface area contributed by atoms with Crippen LogP contribution in [0.3, 0.4) is 0 Å². The summed E-state index contributed by atoms with van der Waals surface area (Å²) in [6, 6.07) is 7.64. The summed E-state index contributed by atoms with van der Waals surface area (Å²) in [6.45, 7) is 4.05. The zero-order valence-electron chi connectivity index (χ0n) is 16.2. The monoisotopic (exact) mass is 380 g/mol. The Morgan fingerprint density at radius 2 is 2.07 bits per heavy atom. The number of carbonyl (C=O) groups excluding carboxylic acids is 1. The van der Waals surface area contributed by atoms with Gasteiger partial charge in [0.15, 0.2) is 0 Å². The Balaban J connectivity index is 1.63. The molecule has 1 aliphatic rings. The fraction of sp³-hybridized carbons (Fsp3) is 0.381. The quantitative estimate of drug-likeness (QED) is 0.730. The Bertz CT molecular complexity index is 992. The minimum atomic E-state index is -0.188. The Kier molecular flexibility index (Phi) is 5.14. The number of amides is 1. The molecule has 3 aromatic rings. The Morgan fingerprint density at radius 1 is 1.25 bits per heavy atom. The molecule has 0 bridgehead atoms. The largest absolute Gasteiger partial charge is 0.497 e. The molecule has 28 heavy (non-hydrogen) atoms. The molecular formula is C21H24N4O3. The average molecular weight is 380 g/mol. The van der Waals surface area contributed by atoms with Crippen molar-refractivity contribution in [3.8, 4) is 5.75 Å². The lowest BCUT2D eigenvalue weighted by atomic mass is 10.1. The van der Waals surface area contributed by atoms with Crippen molar-refractivity contribution >= 4 is 22.8 Å². The van der Waals surface area contributed by atoms with Crippen molar-refractivity contribution in [1.29, 1.82) is 0 Å². The number of rotatable bonds is 5. The lowest BCUT2D eigenvalue weighted by molar-refractivity contribution is 0.0950. The van der Waals surface area contributed by atoms with E-state index < -0.39 is 0 Å². The molecule has 1 amide bonds. The SMILES string of the molecule is COc1cccc(CNC(=O)c2c(C)oc3ncnc(N4CCCCC4)c23)c1. The first-order valence-corrected chi connectivity index (χ1v) is 9.57. The molecule has 1 aliphatic heterocycles. The molecule has 7 nitrogen and oxygen atoms in total. The van der Waals surface area contributed by atoms with Gasteiger partial charge in [0.25, 0.3) is 5.91 Å². The molecule has 3 heterocycles. The predicted molar refractivity (Wildman–Crippen MR) is 107 cm³/mol. The molecule has 1 saturated heterocycles. The lowest BCUT2D eigenvalue weighted by Crippen LogP contribution is -2.31. The molecule has 2 aromatic heterocycles. The van der Waals surface area contributed by atoms with Gasteiger partial charge in [0, 0.05) is 19.6 Å². The van der Waals surface area contributed by atoms with Crippen molar-refractivity contribution < 1.29 is 13.9 Å². The topological polar surface area (TPSA) is 80.5 Å². The summed E-state index contributed by atoms with van der Waals surface area (Å²) in [5, 5.41) is 3.69. The molecule has 4 rings (SSSR count). The smallest absolute Gasteiger partial charge is 0.255 e. The lowest BCUT2D eigenvalue weighted by Gasteiger charge is -2.28. The van der Waals surface area contributed by atoms with Gasteiger partial charge in [-0.25, -0.2) is 9.97 Å². The Labute approximate surface area is 163 Å². The molecule has 1 aromatic carbocycles. The maximum absolute atomic E-state index is 13.0. The average Bonchev–Trinajstić information content (AvgIpc) is 3.08. The number of furan rings is 1. The summed E-state index contributed by atoms with van der Waals surface area (Å²) in [7, 11) is 1.63. The van der Waals surface area contributed by atoms with Crippen LogP contribution in [0.2, 0.25) is 0 Å². The fourth-order valence-electron chi connectivity index (χ4n) is 3.70. The van der Waals surface area contributed by atoms with Crippen molar-refractivity contribution in [2.45, 2.75) is 32.7 Å². The van der Waals surface area contributed by atoms with E-state index in [0.29, 0.717) is 29.0 Å². The highest BCUT2D eigenvalue weighted by Gasteiger charge is 2.25. The van der Waals surface area contributed by atoms with Crippen LogP contribution >= 0.6 is 0 Å². The number of methoxy groups -OCH3 is 1. The van der Waals surface area contributed by atoms with Crippen molar-refractivity contribution in [1.82, 2.24) is 15.3 Å². The summed E-state index contributed by atoms with van der Waals surface area (Å²) >= 11 is 0. The number of fused-ring (bicyclic) bond motifs is 1. The fourth-order valence-corrected chi connectivity index (χ4v) is 3.70. The molecule has 7 heteroatoms. The highest BCUT2D eigenvalue weighted by molar-refractivity contribution is 6.10. The minimum absolute atomic E-state index is 0.188. The van der Waals surface area contributed by atoms with E-state index in [2.05, 4.69) is 20.2 Å². The molecule has 0 aliphatic carbocycles. The van der Waals surface area contributed by atoms with Crippen molar-refractivity contribution in [2.75, 3.05) is 25.1 Å². The van der Waals surface area contributed by atoms with Crippen LogP contribution in [-0.2, 0) is 6.54 Å². The van der Waals surface area contributed by atoms with Crippen LogP contribution in [0.15, 0.2) is 35.0 Å². The number of nitrogens with zero attached hydrogens (tertiary/aromatic N) is 3. The van der Waals surface area contributed by atoms with Crippen LogP contribution in [0, 0.1) is 6.92 Å². The van der Waals surface area contributed by atoms with Gasteiger partial charge in [0.1, 0.15) is 23.7 Å². The van der Waals surface area contributed by atoms with Crippen LogP contribution in [-0.4, -0.2) is 36.1 Å².